The van der Waals surface area contributed by atoms with E-state index in [1.54, 1.807) is 0 Å². The number of rotatable bonds is 7. The third kappa shape index (κ3) is 4.54. The summed E-state index contributed by atoms with van der Waals surface area (Å²) in [7, 11) is 0. The minimum Gasteiger partial charge on any atom is -0.369 e. The normalized spacial score (nSPS) is 23.4. The van der Waals surface area contributed by atoms with Crippen LogP contribution in [-0.4, -0.2) is 25.8 Å². The summed E-state index contributed by atoms with van der Waals surface area (Å²) in [6.07, 6.45) is 4.81. The summed E-state index contributed by atoms with van der Waals surface area (Å²) in [6.45, 7) is 4.77. The molecule has 1 heterocycles. The summed E-state index contributed by atoms with van der Waals surface area (Å²) in [5.74, 6) is 0. The lowest BCUT2D eigenvalue weighted by Crippen LogP contribution is -2.54. The average Bonchev–Trinajstić information content (AvgIpc) is 2.69. The predicted octanol–water partition coefficient (Wildman–Crippen LogP) is 4.71. The number of benzene rings is 2. The molecule has 0 bridgehead atoms. The lowest BCUT2D eigenvalue weighted by molar-refractivity contribution is -0.168. The lowest BCUT2D eigenvalue weighted by Gasteiger charge is -2.44. The molecule has 0 spiro atoms. The van der Waals surface area contributed by atoms with Crippen LogP contribution in [0, 0.1) is 0 Å². The van der Waals surface area contributed by atoms with Gasteiger partial charge in [-0.1, -0.05) is 66.2 Å². The molecule has 1 N–H and O–H groups in total. The van der Waals surface area contributed by atoms with Crippen LogP contribution >= 0.6 is 11.6 Å². The van der Waals surface area contributed by atoms with Crippen LogP contribution in [0.4, 0.5) is 0 Å². The first-order valence-electron chi connectivity index (χ1n) is 9.12. The van der Waals surface area contributed by atoms with Crippen molar-refractivity contribution in [3.8, 4) is 0 Å². The molecule has 0 amide bonds. The first-order valence-corrected chi connectivity index (χ1v) is 9.50. The molecule has 2 aromatic carbocycles. The summed E-state index contributed by atoms with van der Waals surface area (Å²) >= 11 is 6.11. The Morgan fingerprint density at radius 1 is 1.15 bits per heavy atom. The van der Waals surface area contributed by atoms with Crippen molar-refractivity contribution in [2.75, 3.05) is 19.7 Å². The molecule has 138 valence electrons. The van der Waals surface area contributed by atoms with Gasteiger partial charge in [-0.2, -0.15) is 0 Å². The van der Waals surface area contributed by atoms with Crippen molar-refractivity contribution < 1.29 is 9.47 Å². The van der Waals surface area contributed by atoms with Crippen LogP contribution in [0.25, 0.3) is 0 Å². The molecule has 26 heavy (non-hydrogen) atoms. The smallest absolute Gasteiger partial charge is 0.122 e. The summed E-state index contributed by atoms with van der Waals surface area (Å²) < 4.78 is 12.8. The quantitative estimate of drug-likeness (QED) is 0.715. The summed E-state index contributed by atoms with van der Waals surface area (Å²) in [6, 6.07) is 18.2. The van der Waals surface area contributed by atoms with E-state index < -0.39 is 5.60 Å². The Hall–Kier alpha value is -1.65. The van der Waals surface area contributed by atoms with Gasteiger partial charge < -0.3 is 14.8 Å². The van der Waals surface area contributed by atoms with Gasteiger partial charge in [0, 0.05) is 11.6 Å². The number of halogens is 1. The fourth-order valence-electron chi connectivity index (χ4n) is 3.39. The highest BCUT2D eigenvalue weighted by atomic mass is 35.5. The van der Waals surface area contributed by atoms with Gasteiger partial charge in [-0.3, -0.25) is 0 Å². The van der Waals surface area contributed by atoms with Crippen LogP contribution in [-0.2, 0) is 21.7 Å². The molecular weight excluding hydrogens is 346 g/mol. The highest BCUT2D eigenvalue weighted by molar-refractivity contribution is 6.30. The molecule has 1 fully saturated rings. The highest BCUT2D eigenvalue weighted by Crippen LogP contribution is 2.38. The van der Waals surface area contributed by atoms with Gasteiger partial charge >= 0.3 is 0 Å². The Bertz CT molecular complexity index is 702. The fraction of sp³-hybridized carbons (Fsp3) is 0.364. The highest BCUT2D eigenvalue weighted by Gasteiger charge is 2.44. The van der Waals surface area contributed by atoms with Gasteiger partial charge in [0.05, 0.1) is 13.2 Å². The minimum absolute atomic E-state index is 0.0719. The second kappa shape index (κ2) is 9.33. The molecule has 2 unspecified atom stereocenters. The Labute approximate surface area is 161 Å². The average molecular weight is 372 g/mol. The molecular formula is C22H26ClNO2. The molecule has 1 aliphatic rings. The maximum absolute atomic E-state index is 6.59. The molecule has 0 aromatic heterocycles. The van der Waals surface area contributed by atoms with Gasteiger partial charge in [-0.15, -0.1) is 0 Å². The van der Waals surface area contributed by atoms with Crippen LogP contribution in [0.15, 0.2) is 66.7 Å². The zero-order valence-corrected chi connectivity index (χ0v) is 15.9. The Morgan fingerprint density at radius 3 is 2.65 bits per heavy atom. The van der Waals surface area contributed by atoms with E-state index in [0.717, 1.165) is 35.7 Å². The summed E-state index contributed by atoms with van der Waals surface area (Å²) in [5.41, 5.74) is 1.78. The van der Waals surface area contributed by atoms with Crippen molar-refractivity contribution in [2.45, 2.75) is 31.7 Å². The first-order chi connectivity index (χ1) is 12.7. The Balaban J connectivity index is 1.89. The second-order valence-corrected chi connectivity index (χ2v) is 6.95. The predicted molar refractivity (Wildman–Crippen MR) is 106 cm³/mol. The van der Waals surface area contributed by atoms with Gasteiger partial charge in [0.1, 0.15) is 11.7 Å². The van der Waals surface area contributed by atoms with Crippen LogP contribution in [0.5, 0.6) is 0 Å². The number of allylic oxidation sites excluding steroid dienone is 1. The summed E-state index contributed by atoms with van der Waals surface area (Å²) in [5, 5.41) is 4.17. The Kier molecular flexibility index (Phi) is 6.86. The maximum Gasteiger partial charge on any atom is 0.122 e. The molecule has 2 aromatic rings. The van der Waals surface area contributed by atoms with Crippen molar-refractivity contribution >= 4 is 11.6 Å². The van der Waals surface area contributed by atoms with E-state index in [-0.39, 0.29) is 6.10 Å². The third-order valence-electron chi connectivity index (χ3n) is 4.82. The zero-order valence-electron chi connectivity index (χ0n) is 15.2. The monoisotopic (exact) mass is 371 g/mol. The SMILES string of the molecule is C/C=C\COC1CNCCC1(OCc1ccccc1)c1ccc(Cl)cc1. The Morgan fingerprint density at radius 2 is 1.92 bits per heavy atom. The molecule has 1 saturated heterocycles. The van der Waals surface area contributed by atoms with Crippen molar-refractivity contribution in [2.24, 2.45) is 0 Å². The molecule has 3 rings (SSSR count). The van der Waals surface area contributed by atoms with Gasteiger partial charge in [-0.05, 0) is 43.1 Å². The molecule has 2 atom stereocenters. The maximum atomic E-state index is 6.59. The molecule has 4 heteroatoms. The fourth-order valence-corrected chi connectivity index (χ4v) is 3.52. The number of piperidine rings is 1. The van der Waals surface area contributed by atoms with E-state index in [2.05, 4.69) is 29.6 Å². The summed E-state index contributed by atoms with van der Waals surface area (Å²) in [4.78, 5) is 0. The number of nitrogens with one attached hydrogen (secondary N) is 1. The largest absolute Gasteiger partial charge is 0.369 e. The number of ether oxygens (including phenoxy) is 2. The van der Waals surface area contributed by atoms with Gasteiger partial charge in [0.25, 0.3) is 0 Å². The van der Waals surface area contributed by atoms with Gasteiger partial charge in [0.2, 0.25) is 0 Å². The van der Waals surface area contributed by atoms with Crippen molar-refractivity contribution in [3.05, 3.63) is 82.9 Å². The van der Waals surface area contributed by atoms with E-state index in [1.807, 2.05) is 49.4 Å². The number of hydrogen-bond donors (Lipinski definition) is 1. The lowest BCUT2D eigenvalue weighted by atomic mass is 9.82. The van der Waals surface area contributed by atoms with E-state index in [1.165, 1.54) is 0 Å². The molecule has 0 saturated carbocycles. The molecule has 0 aliphatic carbocycles. The van der Waals surface area contributed by atoms with E-state index in [4.69, 9.17) is 21.1 Å². The second-order valence-electron chi connectivity index (χ2n) is 6.52. The molecule has 1 aliphatic heterocycles. The van der Waals surface area contributed by atoms with Gasteiger partial charge in [0.15, 0.2) is 0 Å². The first kappa shape index (κ1) is 19.1. The van der Waals surface area contributed by atoms with Crippen molar-refractivity contribution in [1.29, 1.82) is 0 Å². The van der Waals surface area contributed by atoms with Crippen LogP contribution < -0.4 is 5.32 Å². The van der Waals surface area contributed by atoms with Crippen molar-refractivity contribution in [1.82, 2.24) is 5.32 Å². The van der Waals surface area contributed by atoms with Crippen LogP contribution in [0.2, 0.25) is 5.02 Å². The zero-order chi connectivity index (χ0) is 18.2. The topological polar surface area (TPSA) is 30.5 Å². The van der Waals surface area contributed by atoms with E-state index in [0.29, 0.717) is 13.2 Å². The third-order valence-corrected chi connectivity index (χ3v) is 5.08. The minimum atomic E-state index is -0.493. The van der Waals surface area contributed by atoms with E-state index in [9.17, 15) is 0 Å². The van der Waals surface area contributed by atoms with E-state index >= 15 is 0 Å². The molecule has 0 radical (unpaired) electrons. The van der Waals surface area contributed by atoms with Crippen molar-refractivity contribution in [3.63, 3.8) is 0 Å². The number of hydrogen-bond acceptors (Lipinski definition) is 3. The standard InChI is InChI=1S/C22H26ClNO2/c1-2-3-15-25-21-16-24-14-13-22(21,19-9-11-20(23)12-10-19)26-17-18-7-5-4-6-8-18/h2-12,21,24H,13-17H2,1H3/b3-2-. The van der Waals surface area contributed by atoms with Crippen LogP contribution in [0.1, 0.15) is 24.5 Å². The van der Waals surface area contributed by atoms with Gasteiger partial charge in [-0.25, -0.2) is 0 Å². The van der Waals surface area contributed by atoms with Crippen LogP contribution in [0.3, 0.4) is 0 Å². The molecule has 3 nitrogen and oxygen atoms in total.